The van der Waals surface area contributed by atoms with E-state index < -0.39 is 48.5 Å². The second kappa shape index (κ2) is 8.17. The standard InChI is InChI=1S/C21H20O10/c22-8-16-18(26)19(27)20(28)21(31-16)29-11-5-12(24)17-13(25)7-14(30-15(17)6-11)9-1-3-10(23)4-2-9/h1-7,16,18-24,26-28H,8H2/t16-,18-,19+,20+,21+/m1/s1. The zero-order valence-electron chi connectivity index (χ0n) is 16.0. The van der Waals surface area contributed by atoms with Crippen LogP contribution < -0.4 is 10.2 Å². The van der Waals surface area contributed by atoms with E-state index >= 15 is 0 Å². The number of phenols is 2. The number of hydrogen-bond acceptors (Lipinski definition) is 10. The number of aromatic hydroxyl groups is 2. The van der Waals surface area contributed by atoms with E-state index in [1.165, 1.54) is 24.3 Å². The van der Waals surface area contributed by atoms with Crippen LogP contribution in [-0.2, 0) is 4.74 Å². The van der Waals surface area contributed by atoms with Gasteiger partial charge in [0.15, 0.2) is 5.43 Å². The lowest BCUT2D eigenvalue weighted by molar-refractivity contribution is -0.277. The number of rotatable bonds is 4. The molecule has 1 saturated heterocycles. The third-order valence-electron chi connectivity index (χ3n) is 5.04. The number of hydrogen-bond donors (Lipinski definition) is 6. The Kier molecular flexibility index (Phi) is 5.56. The maximum atomic E-state index is 12.5. The number of ether oxygens (including phenoxy) is 2. The Hall–Kier alpha value is -3.15. The molecule has 0 spiro atoms. The van der Waals surface area contributed by atoms with E-state index in [0.29, 0.717) is 5.56 Å². The van der Waals surface area contributed by atoms with Crippen LogP contribution in [0.5, 0.6) is 17.2 Å². The lowest BCUT2D eigenvalue weighted by atomic mass is 9.99. The summed E-state index contributed by atoms with van der Waals surface area (Å²) < 4.78 is 16.5. The molecule has 31 heavy (non-hydrogen) atoms. The van der Waals surface area contributed by atoms with Crippen molar-refractivity contribution in [2.45, 2.75) is 30.7 Å². The van der Waals surface area contributed by atoms with E-state index in [9.17, 15) is 35.4 Å². The van der Waals surface area contributed by atoms with Gasteiger partial charge in [-0.05, 0) is 24.3 Å². The van der Waals surface area contributed by atoms with Crippen LogP contribution in [0, 0.1) is 0 Å². The fourth-order valence-electron chi connectivity index (χ4n) is 3.38. The van der Waals surface area contributed by atoms with Gasteiger partial charge in [0.25, 0.3) is 0 Å². The summed E-state index contributed by atoms with van der Waals surface area (Å²) in [5.41, 5.74) is -0.0204. The van der Waals surface area contributed by atoms with Crippen molar-refractivity contribution in [1.29, 1.82) is 0 Å². The Labute approximate surface area is 174 Å². The summed E-state index contributed by atoms with van der Waals surface area (Å²) >= 11 is 0. The van der Waals surface area contributed by atoms with E-state index in [-0.39, 0.29) is 28.2 Å². The summed E-state index contributed by atoms with van der Waals surface area (Å²) in [7, 11) is 0. The molecule has 0 radical (unpaired) electrons. The molecular formula is C21H20O10. The van der Waals surface area contributed by atoms with Gasteiger partial charge in [-0.25, -0.2) is 0 Å². The van der Waals surface area contributed by atoms with Crippen molar-refractivity contribution >= 4 is 11.0 Å². The van der Waals surface area contributed by atoms with Gasteiger partial charge in [0.2, 0.25) is 6.29 Å². The highest BCUT2D eigenvalue weighted by Gasteiger charge is 2.44. The molecule has 0 bridgehead atoms. The predicted octanol–water partition coefficient (Wildman–Crippen LogP) is 0.0499. The Morgan fingerprint density at radius 3 is 2.32 bits per heavy atom. The van der Waals surface area contributed by atoms with Crippen LogP contribution in [0.1, 0.15) is 0 Å². The van der Waals surface area contributed by atoms with Gasteiger partial charge >= 0.3 is 0 Å². The molecule has 1 fully saturated rings. The van der Waals surface area contributed by atoms with Gasteiger partial charge in [0.1, 0.15) is 58.4 Å². The molecule has 1 aliphatic heterocycles. The predicted molar refractivity (Wildman–Crippen MR) is 106 cm³/mol. The third-order valence-corrected chi connectivity index (χ3v) is 5.04. The van der Waals surface area contributed by atoms with Crippen molar-refractivity contribution in [3.8, 4) is 28.6 Å². The molecule has 2 aromatic carbocycles. The lowest BCUT2D eigenvalue weighted by Crippen LogP contribution is -2.60. The molecule has 0 unspecified atom stereocenters. The normalized spacial score (nSPS) is 26.1. The average Bonchev–Trinajstić information content (AvgIpc) is 2.74. The van der Waals surface area contributed by atoms with Crippen LogP contribution in [0.4, 0.5) is 0 Å². The maximum absolute atomic E-state index is 12.5. The van der Waals surface area contributed by atoms with Gasteiger partial charge in [-0.1, -0.05) is 0 Å². The number of aliphatic hydroxyl groups is 4. The Morgan fingerprint density at radius 2 is 1.65 bits per heavy atom. The van der Waals surface area contributed by atoms with Crippen LogP contribution in [0.15, 0.2) is 51.7 Å². The van der Waals surface area contributed by atoms with Crippen LogP contribution >= 0.6 is 0 Å². The summed E-state index contributed by atoms with van der Waals surface area (Å²) in [6.45, 7) is -0.626. The monoisotopic (exact) mass is 432 g/mol. The Morgan fingerprint density at radius 1 is 0.935 bits per heavy atom. The molecule has 5 atom stereocenters. The molecule has 1 aliphatic rings. The molecule has 0 saturated carbocycles. The minimum Gasteiger partial charge on any atom is -0.508 e. The smallest absolute Gasteiger partial charge is 0.229 e. The molecule has 0 amide bonds. The molecular weight excluding hydrogens is 412 g/mol. The van der Waals surface area contributed by atoms with Crippen molar-refractivity contribution in [1.82, 2.24) is 0 Å². The van der Waals surface area contributed by atoms with Gasteiger partial charge in [-0.2, -0.15) is 0 Å². The van der Waals surface area contributed by atoms with Crippen molar-refractivity contribution in [3.05, 3.63) is 52.7 Å². The van der Waals surface area contributed by atoms with E-state index in [2.05, 4.69) is 0 Å². The number of aliphatic hydroxyl groups excluding tert-OH is 4. The van der Waals surface area contributed by atoms with E-state index in [1.54, 1.807) is 12.1 Å². The molecule has 2 heterocycles. The van der Waals surface area contributed by atoms with Crippen LogP contribution in [0.25, 0.3) is 22.3 Å². The third kappa shape index (κ3) is 3.94. The average molecular weight is 432 g/mol. The SMILES string of the molecule is O=c1cc(-c2ccc(O)cc2)oc2cc(O[C@H]3O[C@H](CO)[C@@H](O)[C@H](O)[C@@H]3O)cc(O)c12. The fraction of sp³-hybridized carbons (Fsp3) is 0.286. The minimum atomic E-state index is -1.65. The highest BCUT2D eigenvalue weighted by Crippen LogP contribution is 2.33. The number of fused-ring (bicyclic) bond motifs is 1. The van der Waals surface area contributed by atoms with Crippen molar-refractivity contribution in [2.24, 2.45) is 0 Å². The Balaban J connectivity index is 1.71. The molecule has 10 heteroatoms. The lowest BCUT2D eigenvalue weighted by Gasteiger charge is -2.39. The van der Waals surface area contributed by atoms with Gasteiger partial charge in [0.05, 0.1) is 6.61 Å². The molecule has 10 nitrogen and oxygen atoms in total. The molecule has 3 aromatic rings. The van der Waals surface area contributed by atoms with Gasteiger partial charge in [0, 0.05) is 23.8 Å². The topological polar surface area (TPSA) is 170 Å². The van der Waals surface area contributed by atoms with Gasteiger partial charge in [-0.15, -0.1) is 0 Å². The van der Waals surface area contributed by atoms with Crippen LogP contribution in [-0.4, -0.2) is 68.0 Å². The van der Waals surface area contributed by atoms with E-state index in [1.807, 2.05) is 0 Å². The highest BCUT2D eigenvalue weighted by atomic mass is 16.7. The first kappa shape index (κ1) is 21.1. The fourth-order valence-corrected chi connectivity index (χ4v) is 3.38. The molecule has 0 aliphatic carbocycles. The van der Waals surface area contributed by atoms with Crippen molar-refractivity contribution < 1.29 is 44.5 Å². The summed E-state index contributed by atoms with van der Waals surface area (Å²) in [4.78, 5) is 12.5. The second-order valence-electron chi connectivity index (χ2n) is 7.15. The minimum absolute atomic E-state index is 0.0184. The maximum Gasteiger partial charge on any atom is 0.229 e. The largest absolute Gasteiger partial charge is 0.508 e. The number of phenolic OH excluding ortho intramolecular Hbond substituents is 2. The van der Waals surface area contributed by atoms with Gasteiger partial charge < -0.3 is 44.5 Å². The van der Waals surface area contributed by atoms with E-state index in [4.69, 9.17) is 13.9 Å². The quantitative estimate of drug-likeness (QED) is 0.331. The first-order valence-corrected chi connectivity index (χ1v) is 9.36. The molecule has 164 valence electrons. The van der Waals surface area contributed by atoms with Crippen LogP contribution in [0.2, 0.25) is 0 Å². The Bertz CT molecular complexity index is 1140. The molecule has 4 rings (SSSR count). The first-order valence-electron chi connectivity index (χ1n) is 9.36. The zero-order chi connectivity index (χ0) is 22.3. The summed E-state index contributed by atoms with van der Waals surface area (Å²) in [5, 5.41) is 58.8. The van der Waals surface area contributed by atoms with Crippen molar-refractivity contribution in [2.75, 3.05) is 6.61 Å². The molecule has 6 N–H and O–H groups in total. The van der Waals surface area contributed by atoms with Crippen molar-refractivity contribution in [3.63, 3.8) is 0 Å². The zero-order valence-corrected chi connectivity index (χ0v) is 16.0. The summed E-state index contributed by atoms with van der Waals surface area (Å²) in [6, 6.07) is 9.56. The molecule has 1 aromatic heterocycles. The second-order valence-corrected chi connectivity index (χ2v) is 7.15. The van der Waals surface area contributed by atoms with Gasteiger partial charge in [-0.3, -0.25) is 4.79 Å². The summed E-state index contributed by atoms with van der Waals surface area (Å²) in [5.74, 6) is -0.273. The van der Waals surface area contributed by atoms with E-state index in [0.717, 1.165) is 6.07 Å². The summed E-state index contributed by atoms with van der Waals surface area (Å²) in [6.07, 6.45) is -7.47. The highest BCUT2D eigenvalue weighted by molar-refractivity contribution is 5.86. The van der Waals surface area contributed by atoms with Crippen LogP contribution in [0.3, 0.4) is 0 Å². The first-order chi connectivity index (χ1) is 14.8. The number of benzene rings is 2.